The van der Waals surface area contributed by atoms with E-state index >= 15 is 0 Å². The van der Waals surface area contributed by atoms with E-state index in [-0.39, 0.29) is 43.1 Å². The Hall–Kier alpha value is -2.77. The number of nitrogens with zero attached hydrogens (tertiary/aromatic N) is 2. The van der Waals surface area contributed by atoms with Gasteiger partial charge in [0.15, 0.2) is 0 Å². The first kappa shape index (κ1) is 20.0. The topological polar surface area (TPSA) is 99.2 Å². The van der Waals surface area contributed by atoms with Gasteiger partial charge >= 0.3 is 12.1 Å². The molecular formula is C20H27N3O5. The average Bonchev–Trinajstić information content (AvgIpc) is 2.62. The molecule has 2 fully saturated rings. The van der Waals surface area contributed by atoms with Crippen molar-refractivity contribution in [1.29, 1.82) is 0 Å². The van der Waals surface area contributed by atoms with E-state index in [1.165, 1.54) is 4.90 Å². The summed E-state index contributed by atoms with van der Waals surface area (Å²) >= 11 is 0. The largest absolute Gasteiger partial charge is 0.508 e. The molecule has 2 bridgehead atoms. The number of rotatable bonds is 2. The summed E-state index contributed by atoms with van der Waals surface area (Å²) in [7, 11) is 0. The fourth-order valence-corrected chi connectivity index (χ4v) is 3.63. The van der Waals surface area contributed by atoms with Crippen molar-refractivity contribution in [2.24, 2.45) is 11.8 Å². The molecule has 2 atom stereocenters. The number of aromatic hydroxyl groups is 1. The van der Waals surface area contributed by atoms with Crippen molar-refractivity contribution in [1.82, 2.24) is 15.1 Å². The van der Waals surface area contributed by atoms with Gasteiger partial charge in [-0.05, 0) is 50.8 Å². The maximum atomic E-state index is 12.7. The number of amides is 4. The van der Waals surface area contributed by atoms with Crippen LogP contribution in [0, 0.1) is 11.8 Å². The van der Waals surface area contributed by atoms with E-state index in [1.807, 2.05) is 0 Å². The number of imide groups is 1. The molecule has 1 aromatic carbocycles. The van der Waals surface area contributed by atoms with Crippen LogP contribution in [0.15, 0.2) is 24.3 Å². The molecule has 0 spiro atoms. The number of piperidine rings is 2. The van der Waals surface area contributed by atoms with Crippen molar-refractivity contribution in [2.45, 2.75) is 39.3 Å². The van der Waals surface area contributed by atoms with Gasteiger partial charge in [0.1, 0.15) is 11.4 Å². The minimum atomic E-state index is -0.589. The molecule has 0 aliphatic carbocycles. The lowest BCUT2D eigenvalue weighted by atomic mass is 9.84. The minimum absolute atomic E-state index is 0.0448. The second-order valence-corrected chi connectivity index (χ2v) is 8.46. The zero-order valence-corrected chi connectivity index (χ0v) is 16.5. The molecule has 2 N–H and O–H groups in total. The quantitative estimate of drug-likeness (QED) is 0.809. The van der Waals surface area contributed by atoms with Gasteiger partial charge < -0.3 is 20.1 Å². The van der Waals surface area contributed by atoms with E-state index in [0.717, 1.165) is 5.56 Å². The van der Waals surface area contributed by atoms with Crippen LogP contribution in [0.2, 0.25) is 0 Å². The molecule has 2 unspecified atom stereocenters. The first-order valence-electron chi connectivity index (χ1n) is 9.47. The minimum Gasteiger partial charge on any atom is -0.508 e. The van der Waals surface area contributed by atoms with Crippen LogP contribution in [-0.4, -0.2) is 58.2 Å². The SMILES string of the molecule is CC(C)(C)OC(=O)N1CC2CC(C1)C(=O)N(C(=O)NCc1ccc(O)cc1)C2. The van der Waals surface area contributed by atoms with Gasteiger partial charge in [0, 0.05) is 26.2 Å². The number of fused-ring (bicyclic) bond motifs is 2. The molecule has 3 rings (SSSR count). The average molecular weight is 389 g/mol. The van der Waals surface area contributed by atoms with Gasteiger partial charge in [-0.15, -0.1) is 0 Å². The Morgan fingerprint density at radius 1 is 1.18 bits per heavy atom. The molecule has 8 heteroatoms. The van der Waals surface area contributed by atoms with Crippen LogP contribution in [0.5, 0.6) is 5.75 Å². The summed E-state index contributed by atoms with van der Waals surface area (Å²) in [6, 6.07) is 6.08. The van der Waals surface area contributed by atoms with Crippen molar-refractivity contribution >= 4 is 18.0 Å². The second-order valence-electron chi connectivity index (χ2n) is 8.46. The zero-order valence-electron chi connectivity index (χ0n) is 16.5. The highest BCUT2D eigenvalue weighted by Crippen LogP contribution is 2.30. The van der Waals surface area contributed by atoms with E-state index < -0.39 is 17.7 Å². The maximum Gasteiger partial charge on any atom is 0.410 e. The number of ether oxygens (including phenoxy) is 1. The van der Waals surface area contributed by atoms with Gasteiger partial charge in [0.2, 0.25) is 5.91 Å². The number of urea groups is 1. The zero-order chi connectivity index (χ0) is 20.5. The lowest BCUT2D eigenvalue weighted by Gasteiger charge is -2.44. The number of hydrogen-bond donors (Lipinski definition) is 2. The second kappa shape index (κ2) is 7.69. The predicted octanol–water partition coefficient (Wildman–Crippen LogP) is 2.32. The van der Waals surface area contributed by atoms with Gasteiger partial charge in [-0.2, -0.15) is 0 Å². The molecule has 0 aromatic heterocycles. The standard InChI is InChI=1S/C20H27N3O5/c1-20(2,3)28-19(27)22-10-14-8-15(12-22)17(25)23(11-14)18(26)21-9-13-4-6-16(24)7-5-13/h4-7,14-15,24H,8-12H2,1-3H3,(H,21,26). The Bertz CT molecular complexity index is 756. The molecule has 2 aliphatic heterocycles. The van der Waals surface area contributed by atoms with Crippen LogP contribution in [0.3, 0.4) is 0 Å². The molecule has 0 saturated carbocycles. The van der Waals surface area contributed by atoms with Crippen molar-refractivity contribution in [3.05, 3.63) is 29.8 Å². The summed E-state index contributed by atoms with van der Waals surface area (Å²) in [5.41, 5.74) is 0.236. The van der Waals surface area contributed by atoms with Crippen molar-refractivity contribution in [3.63, 3.8) is 0 Å². The Morgan fingerprint density at radius 2 is 1.86 bits per heavy atom. The molecule has 2 saturated heterocycles. The molecule has 2 heterocycles. The number of benzene rings is 1. The summed E-state index contributed by atoms with van der Waals surface area (Å²) in [5, 5.41) is 12.1. The number of nitrogens with one attached hydrogen (secondary N) is 1. The summed E-state index contributed by atoms with van der Waals surface area (Å²) in [6.45, 7) is 6.72. The predicted molar refractivity (Wildman–Crippen MR) is 101 cm³/mol. The third-order valence-corrected chi connectivity index (χ3v) is 4.87. The van der Waals surface area contributed by atoms with Crippen molar-refractivity contribution < 1.29 is 24.2 Å². The number of likely N-dealkylation sites (tertiary alicyclic amines) is 2. The van der Waals surface area contributed by atoms with Crippen LogP contribution in [0.4, 0.5) is 9.59 Å². The van der Waals surface area contributed by atoms with E-state index in [4.69, 9.17) is 4.74 Å². The first-order chi connectivity index (χ1) is 13.1. The van der Waals surface area contributed by atoms with Gasteiger partial charge in [-0.1, -0.05) is 12.1 Å². The van der Waals surface area contributed by atoms with Crippen LogP contribution in [0.25, 0.3) is 0 Å². The third kappa shape index (κ3) is 4.74. The monoisotopic (exact) mass is 389 g/mol. The number of carbonyl (C=O) groups is 3. The van der Waals surface area contributed by atoms with E-state index in [9.17, 15) is 19.5 Å². The van der Waals surface area contributed by atoms with Crippen LogP contribution in [0.1, 0.15) is 32.8 Å². The van der Waals surface area contributed by atoms with Gasteiger partial charge in [0.05, 0.1) is 5.92 Å². The molecule has 28 heavy (non-hydrogen) atoms. The Balaban J connectivity index is 1.58. The molecule has 152 valence electrons. The van der Waals surface area contributed by atoms with Gasteiger partial charge in [-0.25, -0.2) is 9.59 Å². The molecule has 8 nitrogen and oxygen atoms in total. The van der Waals surface area contributed by atoms with Gasteiger partial charge in [0.25, 0.3) is 0 Å². The lowest BCUT2D eigenvalue weighted by Crippen LogP contribution is -2.60. The van der Waals surface area contributed by atoms with Crippen molar-refractivity contribution in [3.8, 4) is 5.75 Å². The highest BCUT2D eigenvalue weighted by Gasteiger charge is 2.44. The smallest absolute Gasteiger partial charge is 0.410 e. The fourth-order valence-electron chi connectivity index (χ4n) is 3.63. The molecule has 0 radical (unpaired) electrons. The molecule has 2 aliphatic rings. The number of phenols is 1. The third-order valence-electron chi connectivity index (χ3n) is 4.87. The summed E-state index contributed by atoms with van der Waals surface area (Å²) in [4.78, 5) is 40.4. The van der Waals surface area contributed by atoms with E-state index in [0.29, 0.717) is 13.0 Å². The first-order valence-corrected chi connectivity index (χ1v) is 9.47. The van der Waals surface area contributed by atoms with Crippen molar-refractivity contribution in [2.75, 3.05) is 19.6 Å². The normalized spacial score (nSPS) is 22.0. The van der Waals surface area contributed by atoms with Crippen LogP contribution < -0.4 is 5.32 Å². The fraction of sp³-hybridized carbons (Fsp3) is 0.550. The van der Waals surface area contributed by atoms with E-state index in [2.05, 4.69) is 5.32 Å². The Labute approximate surface area is 164 Å². The lowest BCUT2D eigenvalue weighted by molar-refractivity contribution is -0.140. The Kier molecular flexibility index (Phi) is 5.49. The number of carbonyl (C=O) groups excluding carboxylic acids is 3. The number of hydrogen-bond acceptors (Lipinski definition) is 5. The van der Waals surface area contributed by atoms with Gasteiger partial charge in [-0.3, -0.25) is 9.69 Å². The maximum absolute atomic E-state index is 12.7. The molecule has 4 amide bonds. The highest BCUT2D eigenvalue weighted by molar-refractivity contribution is 5.96. The van der Waals surface area contributed by atoms with E-state index in [1.54, 1.807) is 49.9 Å². The highest BCUT2D eigenvalue weighted by atomic mass is 16.6. The van der Waals surface area contributed by atoms with Crippen LogP contribution in [-0.2, 0) is 16.1 Å². The Morgan fingerprint density at radius 3 is 2.50 bits per heavy atom. The summed E-state index contributed by atoms with van der Waals surface area (Å²) < 4.78 is 5.41. The summed E-state index contributed by atoms with van der Waals surface area (Å²) in [6.07, 6.45) is 0.264. The molecule has 1 aromatic rings. The number of phenolic OH excluding ortho intramolecular Hbond substituents is 1. The molecular weight excluding hydrogens is 362 g/mol. The summed E-state index contributed by atoms with van der Waals surface area (Å²) in [5.74, 6) is -0.445. The van der Waals surface area contributed by atoms with Crippen LogP contribution >= 0.6 is 0 Å².